The van der Waals surface area contributed by atoms with E-state index in [1.165, 1.54) is 32.1 Å². The van der Waals surface area contributed by atoms with Crippen LogP contribution in [0.25, 0.3) is 0 Å². The average molecular weight is 261 g/mol. The van der Waals surface area contributed by atoms with E-state index in [0.717, 1.165) is 12.1 Å². The molecule has 0 radical (unpaired) electrons. The highest BCUT2D eigenvalue weighted by molar-refractivity contribution is 5.81. The first kappa shape index (κ1) is 14.0. The Morgan fingerprint density at radius 3 is 2.84 bits per heavy atom. The van der Waals surface area contributed by atoms with Crippen molar-refractivity contribution >= 4 is 5.91 Å². The van der Waals surface area contributed by atoms with Crippen molar-refractivity contribution < 1.29 is 4.79 Å². The molecule has 3 N–H and O–H groups in total. The number of nitrogens with zero attached hydrogens (tertiary/aromatic N) is 1. The third-order valence-electron chi connectivity index (χ3n) is 3.82. The summed E-state index contributed by atoms with van der Waals surface area (Å²) in [5.74, 6) is 0.570. The molecular weight excluding hydrogens is 238 g/mol. The third kappa shape index (κ3) is 4.63. The quantitative estimate of drug-likeness (QED) is 0.851. The van der Waals surface area contributed by atoms with Crippen molar-refractivity contribution in [2.45, 2.75) is 51.1 Å². The molecule has 1 fully saturated rings. The fraction of sp³-hybridized carbons (Fsp3) is 0.600. The fourth-order valence-corrected chi connectivity index (χ4v) is 2.70. The molecule has 4 nitrogen and oxygen atoms in total. The lowest BCUT2D eigenvalue weighted by atomic mass is 9.85. The van der Waals surface area contributed by atoms with Crippen LogP contribution in [0.15, 0.2) is 24.4 Å². The Kier molecular flexibility index (Phi) is 5.33. The van der Waals surface area contributed by atoms with Crippen molar-refractivity contribution in [3.05, 3.63) is 30.1 Å². The second kappa shape index (κ2) is 7.24. The third-order valence-corrected chi connectivity index (χ3v) is 3.82. The summed E-state index contributed by atoms with van der Waals surface area (Å²) >= 11 is 0. The number of rotatable bonds is 5. The summed E-state index contributed by atoms with van der Waals surface area (Å²) in [5, 5.41) is 2.86. The normalized spacial score (nSPS) is 17.9. The Labute approximate surface area is 114 Å². The van der Waals surface area contributed by atoms with Crippen LogP contribution in [0, 0.1) is 5.92 Å². The first-order valence-electron chi connectivity index (χ1n) is 7.19. The van der Waals surface area contributed by atoms with Crippen LogP contribution < -0.4 is 11.1 Å². The molecule has 0 aromatic carbocycles. The van der Waals surface area contributed by atoms with Crippen LogP contribution in [-0.4, -0.2) is 16.9 Å². The molecule has 0 saturated heterocycles. The van der Waals surface area contributed by atoms with Gasteiger partial charge in [0.25, 0.3) is 0 Å². The highest BCUT2D eigenvalue weighted by Gasteiger charge is 2.20. The minimum absolute atomic E-state index is 0.0590. The zero-order chi connectivity index (χ0) is 13.5. The Morgan fingerprint density at radius 1 is 1.37 bits per heavy atom. The predicted molar refractivity (Wildman–Crippen MR) is 75.3 cm³/mol. The van der Waals surface area contributed by atoms with Crippen molar-refractivity contribution in [3.8, 4) is 0 Å². The van der Waals surface area contributed by atoms with Gasteiger partial charge in [-0.1, -0.05) is 38.2 Å². The molecule has 1 heterocycles. The molecule has 0 aliphatic heterocycles. The summed E-state index contributed by atoms with van der Waals surface area (Å²) in [5.41, 5.74) is 6.84. The molecule has 4 heteroatoms. The lowest BCUT2D eigenvalue weighted by Crippen LogP contribution is -2.41. The molecular formula is C15H23N3O. The van der Waals surface area contributed by atoms with Gasteiger partial charge in [-0.05, 0) is 24.5 Å². The van der Waals surface area contributed by atoms with Gasteiger partial charge in [-0.25, -0.2) is 0 Å². The maximum absolute atomic E-state index is 11.9. The van der Waals surface area contributed by atoms with E-state index in [2.05, 4.69) is 10.3 Å². The fourth-order valence-electron chi connectivity index (χ4n) is 2.70. The number of aromatic nitrogens is 1. The van der Waals surface area contributed by atoms with Gasteiger partial charge in [-0.15, -0.1) is 0 Å². The summed E-state index contributed by atoms with van der Waals surface area (Å²) in [6, 6.07) is 5.29. The van der Waals surface area contributed by atoms with Gasteiger partial charge in [0.1, 0.15) is 0 Å². The van der Waals surface area contributed by atoms with Gasteiger partial charge >= 0.3 is 0 Å². The van der Waals surface area contributed by atoms with Crippen LogP contribution in [0.4, 0.5) is 0 Å². The van der Waals surface area contributed by atoms with Gasteiger partial charge in [0.05, 0.1) is 18.3 Å². The molecule has 0 spiro atoms. The van der Waals surface area contributed by atoms with Gasteiger partial charge in [0.15, 0.2) is 0 Å². The Morgan fingerprint density at radius 2 is 2.16 bits per heavy atom. The largest absolute Gasteiger partial charge is 0.349 e. The molecule has 1 atom stereocenters. The molecule has 104 valence electrons. The minimum atomic E-state index is -0.383. The maximum Gasteiger partial charge on any atom is 0.237 e. The highest BCUT2D eigenvalue weighted by Crippen LogP contribution is 2.26. The van der Waals surface area contributed by atoms with Gasteiger partial charge in [-0.3, -0.25) is 9.78 Å². The van der Waals surface area contributed by atoms with E-state index < -0.39 is 0 Å². The van der Waals surface area contributed by atoms with E-state index in [0.29, 0.717) is 12.5 Å². The topological polar surface area (TPSA) is 68.0 Å². The number of carbonyl (C=O) groups excluding carboxylic acids is 1. The summed E-state index contributed by atoms with van der Waals surface area (Å²) < 4.78 is 0. The lowest BCUT2D eigenvalue weighted by Gasteiger charge is -2.24. The van der Waals surface area contributed by atoms with E-state index in [-0.39, 0.29) is 11.9 Å². The van der Waals surface area contributed by atoms with Crippen molar-refractivity contribution in [3.63, 3.8) is 0 Å². The molecule has 1 amide bonds. The van der Waals surface area contributed by atoms with Crippen LogP contribution in [0.3, 0.4) is 0 Å². The molecule has 1 aromatic heterocycles. The zero-order valence-electron chi connectivity index (χ0n) is 11.3. The van der Waals surface area contributed by atoms with Crippen molar-refractivity contribution in [2.24, 2.45) is 11.7 Å². The van der Waals surface area contributed by atoms with Crippen molar-refractivity contribution in [2.75, 3.05) is 0 Å². The van der Waals surface area contributed by atoms with Gasteiger partial charge < -0.3 is 11.1 Å². The van der Waals surface area contributed by atoms with E-state index >= 15 is 0 Å². The van der Waals surface area contributed by atoms with Crippen molar-refractivity contribution in [1.82, 2.24) is 10.3 Å². The summed E-state index contributed by atoms with van der Waals surface area (Å²) in [6.45, 7) is 0.456. The smallest absolute Gasteiger partial charge is 0.237 e. The summed E-state index contributed by atoms with van der Waals surface area (Å²) in [6.07, 6.45) is 8.89. The maximum atomic E-state index is 11.9. The minimum Gasteiger partial charge on any atom is -0.349 e. The molecule has 1 aliphatic carbocycles. The van der Waals surface area contributed by atoms with Gasteiger partial charge in [0, 0.05) is 6.20 Å². The van der Waals surface area contributed by atoms with Crippen LogP contribution >= 0.6 is 0 Å². The van der Waals surface area contributed by atoms with E-state index in [1.54, 1.807) is 6.20 Å². The number of amides is 1. The van der Waals surface area contributed by atoms with E-state index in [9.17, 15) is 4.79 Å². The Balaban J connectivity index is 1.72. The number of nitrogens with one attached hydrogen (secondary N) is 1. The van der Waals surface area contributed by atoms with E-state index in [1.807, 2.05) is 18.2 Å². The number of hydrogen-bond donors (Lipinski definition) is 2. The number of carbonyl (C=O) groups is 1. The number of nitrogens with two attached hydrogens (primary N) is 1. The average Bonchev–Trinajstić information content (AvgIpc) is 2.47. The van der Waals surface area contributed by atoms with Gasteiger partial charge in [0.2, 0.25) is 5.91 Å². The summed E-state index contributed by atoms with van der Waals surface area (Å²) in [7, 11) is 0. The lowest BCUT2D eigenvalue weighted by molar-refractivity contribution is -0.123. The SMILES string of the molecule is N[C@H](CC1CCCCC1)C(=O)NCc1ccccn1. The molecule has 0 bridgehead atoms. The van der Waals surface area contributed by atoms with Crippen molar-refractivity contribution in [1.29, 1.82) is 0 Å². The van der Waals surface area contributed by atoms with Crippen LogP contribution in [-0.2, 0) is 11.3 Å². The molecule has 19 heavy (non-hydrogen) atoms. The second-order valence-corrected chi connectivity index (χ2v) is 5.39. The summed E-state index contributed by atoms with van der Waals surface area (Å²) in [4.78, 5) is 16.1. The Hall–Kier alpha value is -1.42. The van der Waals surface area contributed by atoms with Crippen LogP contribution in [0.2, 0.25) is 0 Å². The first-order valence-corrected chi connectivity index (χ1v) is 7.19. The number of pyridine rings is 1. The molecule has 0 unspecified atom stereocenters. The Bertz CT molecular complexity index is 388. The molecule has 1 aliphatic rings. The van der Waals surface area contributed by atoms with E-state index in [4.69, 9.17) is 5.73 Å². The molecule has 1 saturated carbocycles. The zero-order valence-corrected chi connectivity index (χ0v) is 11.3. The predicted octanol–water partition coefficient (Wildman–Crippen LogP) is 2.00. The molecule has 1 aromatic rings. The van der Waals surface area contributed by atoms with Gasteiger partial charge in [-0.2, -0.15) is 0 Å². The first-order chi connectivity index (χ1) is 9.25. The molecule has 2 rings (SSSR count). The monoisotopic (exact) mass is 261 g/mol. The highest BCUT2D eigenvalue weighted by atomic mass is 16.2. The van der Waals surface area contributed by atoms with Crippen LogP contribution in [0.1, 0.15) is 44.2 Å². The van der Waals surface area contributed by atoms with Crippen LogP contribution in [0.5, 0.6) is 0 Å². The second-order valence-electron chi connectivity index (χ2n) is 5.39. The standard InChI is InChI=1S/C15H23N3O/c16-14(10-12-6-2-1-3-7-12)15(19)18-11-13-8-4-5-9-17-13/h4-5,8-9,12,14H,1-3,6-7,10-11,16H2,(H,18,19)/t14-/m1/s1. The number of hydrogen-bond acceptors (Lipinski definition) is 3.